The van der Waals surface area contributed by atoms with Gasteiger partial charge in [0.05, 0.1) is 27.0 Å². The number of nitrogens with zero attached hydrogens (tertiary/aromatic N) is 2. The zero-order valence-corrected chi connectivity index (χ0v) is 15.7. The van der Waals surface area contributed by atoms with Crippen LogP contribution in [0.1, 0.15) is 18.4 Å². The lowest BCUT2D eigenvalue weighted by atomic mass is 9.63. The summed E-state index contributed by atoms with van der Waals surface area (Å²) in [4.78, 5) is 25.3. The van der Waals surface area contributed by atoms with Crippen molar-refractivity contribution in [3.63, 3.8) is 0 Å². The summed E-state index contributed by atoms with van der Waals surface area (Å²) >= 11 is 6.50. The predicted molar refractivity (Wildman–Crippen MR) is 95.3 cm³/mol. The highest BCUT2D eigenvalue weighted by Crippen LogP contribution is 2.49. The summed E-state index contributed by atoms with van der Waals surface area (Å²) in [6.07, 6.45) is 7.58. The zero-order valence-electron chi connectivity index (χ0n) is 12.5. The van der Waals surface area contributed by atoms with E-state index in [1.807, 2.05) is 0 Å². The zero-order chi connectivity index (χ0) is 17.0. The number of rotatable bonds is 2. The number of hydrogen-bond donors (Lipinski definition) is 1. The molecule has 1 saturated carbocycles. The van der Waals surface area contributed by atoms with Crippen LogP contribution in [-0.4, -0.2) is 28.1 Å². The Morgan fingerprint density at radius 2 is 1.54 bits per heavy atom. The molecule has 1 aliphatic heterocycles. The highest BCUT2D eigenvalue weighted by molar-refractivity contribution is 9.11. The van der Waals surface area contributed by atoms with Crippen LogP contribution in [0.15, 0.2) is 38.3 Å². The van der Waals surface area contributed by atoms with Crippen LogP contribution < -0.4 is 0 Å². The van der Waals surface area contributed by atoms with Crippen molar-refractivity contribution in [3.05, 3.63) is 38.8 Å². The molecule has 1 saturated heterocycles. The molecule has 5 rings (SSSR count). The smallest absolute Gasteiger partial charge is 0.254 e. The molecule has 0 spiro atoms. The van der Waals surface area contributed by atoms with Gasteiger partial charge in [-0.15, -0.1) is 0 Å². The highest BCUT2D eigenvalue weighted by atomic mass is 79.9. The quantitative estimate of drug-likeness (QED) is 0.423. The van der Waals surface area contributed by atoms with Crippen molar-refractivity contribution in [1.29, 1.82) is 0 Å². The van der Waals surface area contributed by atoms with Crippen LogP contribution in [0.25, 0.3) is 0 Å². The van der Waals surface area contributed by atoms with Crippen molar-refractivity contribution in [3.8, 4) is 5.75 Å². The maximum absolute atomic E-state index is 12.6. The Bertz CT molecular complexity index is 750. The van der Waals surface area contributed by atoms with E-state index >= 15 is 0 Å². The Morgan fingerprint density at radius 3 is 2.00 bits per heavy atom. The predicted octanol–water partition coefficient (Wildman–Crippen LogP) is 3.45. The molecule has 1 aromatic rings. The van der Waals surface area contributed by atoms with Crippen molar-refractivity contribution in [2.24, 2.45) is 28.8 Å². The van der Waals surface area contributed by atoms with Gasteiger partial charge in [-0.2, -0.15) is 10.1 Å². The standard InChI is InChI=1S/C17H14Br2N2O3/c18-11-5-8(6-12(19)15(11)22)7-20-21-16(23)13-9-1-2-10(4-3-9)14(13)17(21)24/h1-2,5-7,9-10,13-14,22H,3-4H2/b20-7-/t9-,10+,13-,14-/m0/s1. The number of phenolic OH excluding ortho intramolecular Hbond substituents is 1. The maximum Gasteiger partial charge on any atom is 0.254 e. The Morgan fingerprint density at radius 1 is 1.04 bits per heavy atom. The van der Waals surface area contributed by atoms with E-state index in [0.717, 1.165) is 17.9 Å². The first-order chi connectivity index (χ1) is 11.5. The summed E-state index contributed by atoms with van der Waals surface area (Å²) in [5, 5.41) is 14.9. The van der Waals surface area contributed by atoms with Gasteiger partial charge in [-0.3, -0.25) is 9.59 Å². The molecule has 2 fully saturated rings. The normalized spacial score (nSPS) is 31.3. The molecule has 4 aliphatic rings. The molecule has 0 unspecified atom stereocenters. The fourth-order valence-electron chi connectivity index (χ4n) is 3.96. The first-order valence-electron chi connectivity index (χ1n) is 7.75. The number of allylic oxidation sites excluding steroid dienone is 2. The third kappa shape index (κ3) is 2.37. The molecule has 24 heavy (non-hydrogen) atoms. The van der Waals surface area contributed by atoms with Crippen LogP contribution in [0.5, 0.6) is 5.75 Å². The number of carbonyl (C=O) groups excluding carboxylic acids is 2. The molecule has 0 radical (unpaired) electrons. The third-order valence-electron chi connectivity index (χ3n) is 5.10. The molecular weight excluding hydrogens is 440 g/mol. The maximum atomic E-state index is 12.6. The summed E-state index contributed by atoms with van der Waals surface area (Å²) in [6.45, 7) is 0. The number of halogens is 2. The molecule has 3 aliphatic carbocycles. The Hall–Kier alpha value is -1.47. The van der Waals surface area contributed by atoms with Crippen LogP contribution in [0.4, 0.5) is 0 Å². The number of phenols is 1. The van der Waals surface area contributed by atoms with Crippen LogP contribution in [-0.2, 0) is 9.59 Å². The second-order valence-corrected chi connectivity index (χ2v) is 8.12. The average molecular weight is 454 g/mol. The van der Waals surface area contributed by atoms with Crippen molar-refractivity contribution in [2.75, 3.05) is 0 Å². The number of fused-ring (bicyclic) bond motifs is 1. The van der Waals surface area contributed by atoms with Crippen LogP contribution in [0, 0.1) is 23.7 Å². The summed E-state index contributed by atoms with van der Waals surface area (Å²) in [7, 11) is 0. The van der Waals surface area contributed by atoms with Gasteiger partial charge in [0.2, 0.25) is 0 Å². The molecular formula is C17H14Br2N2O3. The number of aromatic hydroxyl groups is 1. The molecule has 124 valence electrons. The molecule has 1 N–H and O–H groups in total. The van der Waals surface area contributed by atoms with Gasteiger partial charge in [-0.05, 0) is 74.2 Å². The van der Waals surface area contributed by atoms with Crippen LogP contribution in [0.3, 0.4) is 0 Å². The van der Waals surface area contributed by atoms with Gasteiger partial charge in [0.1, 0.15) is 5.75 Å². The fourth-order valence-corrected chi connectivity index (χ4v) is 5.18. The lowest BCUT2D eigenvalue weighted by Gasteiger charge is -2.37. The molecule has 2 amide bonds. The first kappa shape index (κ1) is 16.0. The second-order valence-electron chi connectivity index (χ2n) is 6.41. The van der Waals surface area contributed by atoms with Crippen LogP contribution in [0.2, 0.25) is 0 Å². The van der Waals surface area contributed by atoms with E-state index in [9.17, 15) is 14.7 Å². The minimum absolute atomic E-state index is 0.0918. The Kier molecular flexibility index (Phi) is 3.88. The van der Waals surface area contributed by atoms with E-state index in [0.29, 0.717) is 14.5 Å². The Labute approximate surface area is 155 Å². The van der Waals surface area contributed by atoms with Gasteiger partial charge >= 0.3 is 0 Å². The molecule has 0 aromatic heterocycles. The van der Waals surface area contributed by atoms with Crippen molar-refractivity contribution < 1.29 is 14.7 Å². The third-order valence-corrected chi connectivity index (χ3v) is 6.31. The summed E-state index contributed by atoms with van der Waals surface area (Å²) in [5.74, 6) is -0.487. The molecule has 7 heteroatoms. The molecule has 1 aromatic carbocycles. The number of benzene rings is 1. The molecule has 2 bridgehead atoms. The number of hydrazone groups is 1. The van der Waals surface area contributed by atoms with E-state index in [1.54, 1.807) is 12.1 Å². The monoisotopic (exact) mass is 452 g/mol. The molecule has 4 atom stereocenters. The SMILES string of the molecule is O=C1[C@@H]2[C@@H](C(=O)N1/N=C\c1cc(Br)c(O)c(Br)c1)[C@H]1C=C[C@@H]2CC1. The van der Waals surface area contributed by atoms with Gasteiger partial charge < -0.3 is 5.11 Å². The summed E-state index contributed by atoms with van der Waals surface area (Å²) in [6, 6.07) is 3.35. The van der Waals surface area contributed by atoms with Crippen molar-refractivity contribution in [1.82, 2.24) is 5.01 Å². The van der Waals surface area contributed by atoms with E-state index in [-0.39, 0.29) is 41.2 Å². The first-order valence-corrected chi connectivity index (χ1v) is 9.34. The fraction of sp³-hybridized carbons (Fsp3) is 0.353. The van der Waals surface area contributed by atoms with Gasteiger partial charge in [-0.1, -0.05) is 12.2 Å². The number of amides is 2. The van der Waals surface area contributed by atoms with Gasteiger partial charge in [0.25, 0.3) is 11.8 Å². The van der Waals surface area contributed by atoms with Crippen molar-refractivity contribution in [2.45, 2.75) is 12.8 Å². The Balaban J connectivity index is 1.62. The van der Waals surface area contributed by atoms with Crippen molar-refractivity contribution >= 4 is 49.9 Å². The van der Waals surface area contributed by atoms with Gasteiger partial charge in [0.15, 0.2) is 0 Å². The largest absolute Gasteiger partial charge is 0.506 e. The second kappa shape index (κ2) is 5.81. The van der Waals surface area contributed by atoms with Crippen LogP contribution >= 0.6 is 31.9 Å². The highest BCUT2D eigenvalue weighted by Gasteiger charge is 2.56. The topological polar surface area (TPSA) is 70.0 Å². The lowest BCUT2D eigenvalue weighted by Crippen LogP contribution is -2.38. The van der Waals surface area contributed by atoms with E-state index in [2.05, 4.69) is 49.1 Å². The average Bonchev–Trinajstić information content (AvgIpc) is 2.85. The van der Waals surface area contributed by atoms with Gasteiger partial charge in [-0.25, -0.2) is 0 Å². The number of carbonyl (C=O) groups is 2. The number of hydrogen-bond acceptors (Lipinski definition) is 4. The summed E-state index contributed by atoms with van der Waals surface area (Å²) in [5.41, 5.74) is 0.670. The minimum Gasteiger partial charge on any atom is -0.506 e. The lowest BCUT2D eigenvalue weighted by molar-refractivity contribution is -0.140. The van der Waals surface area contributed by atoms with E-state index in [1.165, 1.54) is 6.21 Å². The van der Waals surface area contributed by atoms with E-state index in [4.69, 9.17) is 0 Å². The molecule has 5 nitrogen and oxygen atoms in total. The number of imide groups is 1. The minimum atomic E-state index is -0.253. The molecule has 1 heterocycles. The summed E-state index contributed by atoms with van der Waals surface area (Å²) < 4.78 is 1.02. The van der Waals surface area contributed by atoms with Gasteiger partial charge in [0, 0.05) is 0 Å². The van der Waals surface area contributed by atoms with E-state index < -0.39 is 0 Å².